The van der Waals surface area contributed by atoms with Gasteiger partial charge in [-0.25, -0.2) is 9.59 Å². The van der Waals surface area contributed by atoms with Gasteiger partial charge in [-0.2, -0.15) is 4.89 Å². The maximum absolute atomic E-state index is 11.8. The van der Waals surface area contributed by atoms with E-state index in [0.29, 0.717) is 0 Å². The molecule has 8 nitrogen and oxygen atoms in total. The standard InChI is InChI=1S/C17H22O8/c1-6-20-16(19)24-23-13(3)21-15(18)12(2)22-25-17(4,5)14-10-8-7-9-11-14/h7-11,13H,2,6H2,1,3-5H3. The molecule has 1 unspecified atom stereocenters. The molecule has 1 aromatic carbocycles. The second kappa shape index (κ2) is 9.65. The van der Waals surface area contributed by atoms with E-state index in [0.717, 1.165) is 5.56 Å². The van der Waals surface area contributed by atoms with Gasteiger partial charge >= 0.3 is 12.1 Å². The molecule has 0 aromatic heterocycles. The number of rotatable bonds is 9. The highest BCUT2D eigenvalue weighted by atomic mass is 17.3. The minimum absolute atomic E-state index is 0.121. The van der Waals surface area contributed by atoms with Crippen molar-refractivity contribution < 1.29 is 38.6 Å². The van der Waals surface area contributed by atoms with Crippen molar-refractivity contribution in [3.8, 4) is 0 Å². The predicted octanol–water partition coefficient (Wildman–Crippen LogP) is 3.38. The van der Waals surface area contributed by atoms with Gasteiger partial charge in [-0.3, -0.25) is 4.89 Å². The molecule has 0 bridgehead atoms. The minimum Gasteiger partial charge on any atom is -0.433 e. The molecule has 1 aromatic rings. The predicted molar refractivity (Wildman–Crippen MR) is 85.5 cm³/mol. The number of carbonyl (C=O) groups excluding carboxylic acids is 2. The lowest BCUT2D eigenvalue weighted by atomic mass is 9.99. The Morgan fingerprint density at radius 1 is 1.16 bits per heavy atom. The fourth-order valence-corrected chi connectivity index (χ4v) is 1.56. The topological polar surface area (TPSA) is 89.5 Å². The molecule has 0 saturated carbocycles. The summed E-state index contributed by atoms with van der Waals surface area (Å²) in [6, 6.07) is 9.29. The van der Waals surface area contributed by atoms with Crippen LogP contribution in [0.4, 0.5) is 4.79 Å². The molecule has 138 valence electrons. The van der Waals surface area contributed by atoms with Gasteiger partial charge in [0.25, 0.3) is 0 Å². The minimum atomic E-state index is -1.20. The van der Waals surface area contributed by atoms with Crippen molar-refractivity contribution in [2.45, 2.75) is 39.6 Å². The molecule has 0 N–H and O–H groups in total. The average Bonchev–Trinajstić information content (AvgIpc) is 2.59. The van der Waals surface area contributed by atoms with Crippen molar-refractivity contribution in [3.05, 3.63) is 48.2 Å². The van der Waals surface area contributed by atoms with Crippen LogP contribution < -0.4 is 0 Å². The SMILES string of the molecule is C=C(OOC(C)(C)c1ccccc1)C(=O)OC(C)OOC(=O)OCC. The van der Waals surface area contributed by atoms with Crippen LogP contribution in [-0.4, -0.2) is 25.0 Å². The van der Waals surface area contributed by atoms with Crippen LogP contribution in [0.2, 0.25) is 0 Å². The molecule has 0 aliphatic heterocycles. The van der Waals surface area contributed by atoms with E-state index in [4.69, 9.17) is 14.5 Å². The highest BCUT2D eigenvalue weighted by molar-refractivity contribution is 5.85. The van der Waals surface area contributed by atoms with Crippen LogP contribution in [-0.2, 0) is 39.4 Å². The third-order valence-corrected chi connectivity index (χ3v) is 2.83. The molecule has 0 aliphatic carbocycles. The summed E-state index contributed by atoms with van der Waals surface area (Å²) in [5, 5.41) is 0. The largest absolute Gasteiger partial charge is 0.540 e. The Morgan fingerprint density at radius 2 is 1.80 bits per heavy atom. The number of benzene rings is 1. The molecule has 1 atom stereocenters. The molecule has 0 spiro atoms. The van der Waals surface area contributed by atoms with Gasteiger partial charge in [0.05, 0.1) is 6.61 Å². The van der Waals surface area contributed by atoms with Crippen LogP contribution >= 0.6 is 0 Å². The zero-order valence-electron chi connectivity index (χ0n) is 14.6. The van der Waals surface area contributed by atoms with E-state index in [2.05, 4.69) is 21.1 Å². The van der Waals surface area contributed by atoms with Crippen molar-refractivity contribution in [3.63, 3.8) is 0 Å². The van der Waals surface area contributed by atoms with Crippen LogP contribution in [0, 0.1) is 0 Å². The number of hydrogen-bond acceptors (Lipinski definition) is 8. The van der Waals surface area contributed by atoms with Gasteiger partial charge in [0.15, 0.2) is 0 Å². The van der Waals surface area contributed by atoms with Crippen LogP contribution in [0.5, 0.6) is 0 Å². The molecule has 0 aliphatic rings. The third kappa shape index (κ3) is 7.23. The zero-order valence-corrected chi connectivity index (χ0v) is 14.6. The second-order valence-electron chi connectivity index (χ2n) is 5.30. The van der Waals surface area contributed by atoms with Gasteiger partial charge in [0.1, 0.15) is 5.60 Å². The van der Waals surface area contributed by atoms with Crippen LogP contribution in [0.25, 0.3) is 0 Å². The van der Waals surface area contributed by atoms with E-state index >= 15 is 0 Å². The van der Waals surface area contributed by atoms with E-state index in [-0.39, 0.29) is 6.61 Å². The van der Waals surface area contributed by atoms with Crippen LogP contribution in [0.3, 0.4) is 0 Å². The average molecular weight is 354 g/mol. The molecule has 0 radical (unpaired) electrons. The summed E-state index contributed by atoms with van der Waals surface area (Å²) in [7, 11) is 0. The van der Waals surface area contributed by atoms with E-state index in [1.807, 2.05) is 30.3 Å². The molecule has 0 amide bonds. The molecule has 25 heavy (non-hydrogen) atoms. The summed E-state index contributed by atoms with van der Waals surface area (Å²) in [5.41, 5.74) is 0.0234. The van der Waals surface area contributed by atoms with Crippen molar-refractivity contribution in [2.24, 2.45) is 0 Å². The van der Waals surface area contributed by atoms with Crippen molar-refractivity contribution in [1.29, 1.82) is 0 Å². The molecule has 0 fully saturated rings. The maximum atomic E-state index is 11.8. The Morgan fingerprint density at radius 3 is 2.40 bits per heavy atom. The van der Waals surface area contributed by atoms with E-state index < -0.39 is 29.8 Å². The summed E-state index contributed by atoms with van der Waals surface area (Å²) in [4.78, 5) is 41.7. The summed E-state index contributed by atoms with van der Waals surface area (Å²) in [5.74, 6) is -1.33. The van der Waals surface area contributed by atoms with Gasteiger partial charge in [0.2, 0.25) is 12.0 Å². The van der Waals surface area contributed by atoms with Gasteiger partial charge in [-0.1, -0.05) is 30.3 Å². The summed E-state index contributed by atoms with van der Waals surface area (Å²) in [6.07, 6.45) is -2.24. The third-order valence-electron chi connectivity index (χ3n) is 2.83. The van der Waals surface area contributed by atoms with Crippen LogP contribution in [0.1, 0.15) is 33.3 Å². The van der Waals surface area contributed by atoms with Gasteiger partial charge in [0, 0.05) is 6.92 Å². The van der Waals surface area contributed by atoms with E-state index in [1.165, 1.54) is 6.92 Å². The fraction of sp³-hybridized carbons (Fsp3) is 0.412. The number of ether oxygens (including phenoxy) is 2. The maximum Gasteiger partial charge on any atom is 0.540 e. The summed E-state index contributed by atoms with van der Waals surface area (Å²) in [6.45, 7) is 10.0. The Hall–Kier alpha value is -2.58. The monoisotopic (exact) mass is 354 g/mol. The normalized spacial score (nSPS) is 12.0. The molecule has 1 rings (SSSR count). The fourth-order valence-electron chi connectivity index (χ4n) is 1.56. The summed E-state index contributed by atoms with van der Waals surface area (Å²) >= 11 is 0. The van der Waals surface area contributed by atoms with E-state index in [1.54, 1.807) is 20.8 Å². The smallest absolute Gasteiger partial charge is 0.433 e. The van der Waals surface area contributed by atoms with Crippen molar-refractivity contribution in [2.75, 3.05) is 6.61 Å². The highest BCUT2D eigenvalue weighted by Crippen LogP contribution is 2.25. The highest BCUT2D eigenvalue weighted by Gasteiger charge is 2.26. The molecular formula is C17H22O8. The molecular weight excluding hydrogens is 332 g/mol. The first kappa shape index (κ1) is 20.5. The number of carbonyl (C=O) groups is 2. The number of esters is 1. The lowest BCUT2D eigenvalue weighted by Crippen LogP contribution is -2.25. The Kier molecular flexibility index (Phi) is 7.90. The first-order valence-electron chi connectivity index (χ1n) is 7.57. The van der Waals surface area contributed by atoms with Crippen LogP contribution in [0.15, 0.2) is 42.7 Å². The van der Waals surface area contributed by atoms with Gasteiger partial charge in [-0.15, -0.1) is 4.89 Å². The number of hydrogen-bond donors (Lipinski definition) is 0. The zero-order chi connectivity index (χ0) is 18.9. The Balaban J connectivity index is 2.41. The first-order valence-corrected chi connectivity index (χ1v) is 7.57. The quantitative estimate of drug-likeness (QED) is 0.166. The first-order chi connectivity index (χ1) is 11.8. The Bertz CT molecular complexity index is 582. The second-order valence-corrected chi connectivity index (χ2v) is 5.30. The molecule has 0 heterocycles. The summed E-state index contributed by atoms with van der Waals surface area (Å²) < 4.78 is 9.29. The van der Waals surface area contributed by atoms with Gasteiger partial charge in [-0.05, 0) is 32.9 Å². The van der Waals surface area contributed by atoms with E-state index in [9.17, 15) is 9.59 Å². The molecule has 8 heteroatoms. The van der Waals surface area contributed by atoms with Gasteiger partial charge < -0.3 is 14.4 Å². The lowest BCUT2D eigenvalue weighted by molar-refractivity contribution is -0.344. The van der Waals surface area contributed by atoms with Crippen molar-refractivity contribution >= 4 is 12.1 Å². The Labute approximate surface area is 146 Å². The van der Waals surface area contributed by atoms with Crippen molar-refractivity contribution in [1.82, 2.24) is 0 Å². The molecule has 0 saturated heterocycles. The lowest BCUT2D eigenvalue weighted by Gasteiger charge is -2.24.